The Morgan fingerprint density at radius 3 is 2.74 bits per heavy atom. The molecule has 0 spiro atoms. The predicted octanol–water partition coefficient (Wildman–Crippen LogP) is 2.73. The summed E-state index contributed by atoms with van der Waals surface area (Å²) in [4.78, 5) is 26.0. The van der Waals surface area contributed by atoms with E-state index >= 15 is 0 Å². The van der Waals surface area contributed by atoms with E-state index in [4.69, 9.17) is 15.5 Å². The second-order valence-electron chi connectivity index (χ2n) is 9.14. The van der Waals surface area contributed by atoms with Crippen LogP contribution in [-0.4, -0.2) is 76.7 Å². The Kier molecular flexibility index (Phi) is 6.78. The lowest BCUT2D eigenvalue weighted by molar-refractivity contribution is -0.423. The van der Waals surface area contributed by atoms with E-state index in [9.17, 15) is 10.1 Å². The van der Waals surface area contributed by atoms with Crippen LogP contribution in [0.2, 0.25) is 0 Å². The van der Waals surface area contributed by atoms with Gasteiger partial charge in [0.15, 0.2) is 5.82 Å². The van der Waals surface area contributed by atoms with E-state index in [0.29, 0.717) is 17.9 Å². The molecule has 0 bridgehead atoms. The summed E-state index contributed by atoms with van der Waals surface area (Å²) in [5.74, 6) is 0.262. The van der Waals surface area contributed by atoms with E-state index in [1.807, 2.05) is 50.3 Å². The number of thiophene rings is 1. The van der Waals surface area contributed by atoms with Crippen molar-refractivity contribution in [2.75, 3.05) is 41.3 Å². The third-order valence-electron chi connectivity index (χ3n) is 6.26. The van der Waals surface area contributed by atoms with Crippen LogP contribution in [0.4, 0.5) is 0 Å². The van der Waals surface area contributed by atoms with Crippen molar-refractivity contribution in [1.29, 1.82) is 0 Å². The first-order valence-corrected chi connectivity index (χ1v) is 12.0. The van der Waals surface area contributed by atoms with E-state index in [2.05, 4.69) is 22.5 Å². The number of aromatic nitrogens is 3. The smallest absolute Gasteiger partial charge is 0.290 e. The predicted molar refractivity (Wildman–Crippen MR) is 138 cm³/mol. The lowest BCUT2D eigenvalue weighted by atomic mass is 9.85. The molecule has 2 atom stereocenters. The lowest BCUT2D eigenvalue weighted by Gasteiger charge is -2.35. The van der Waals surface area contributed by atoms with Crippen molar-refractivity contribution in [3.8, 4) is 11.3 Å². The van der Waals surface area contributed by atoms with Gasteiger partial charge in [0.1, 0.15) is 17.3 Å². The van der Waals surface area contributed by atoms with Gasteiger partial charge in [0.25, 0.3) is 5.70 Å². The standard InChI is InChI=1S/C24H31N7O3S/c1-15-11-19-22(35-15)16(14-30(19)5)17-7-8-26-23(27-17)24(25)13-20(31(32)33)18(12-21(24)34-6)29(4)10-9-28(2)3/h7-8,11-14,21H,9-10,25H2,1-6H3. The van der Waals surface area contributed by atoms with E-state index < -0.39 is 16.6 Å². The number of hydrogen-bond acceptors (Lipinski definition) is 9. The van der Waals surface area contributed by atoms with Crippen LogP contribution in [-0.2, 0) is 17.3 Å². The summed E-state index contributed by atoms with van der Waals surface area (Å²) in [6, 6.07) is 3.97. The van der Waals surface area contributed by atoms with Crippen molar-refractivity contribution in [3.05, 3.63) is 68.9 Å². The normalized spacial score (nSPS) is 20.3. The van der Waals surface area contributed by atoms with Gasteiger partial charge in [-0.25, -0.2) is 9.97 Å². The highest BCUT2D eigenvalue weighted by atomic mass is 32.1. The van der Waals surface area contributed by atoms with Crippen LogP contribution in [0.3, 0.4) is 0 Å². The van der Waals surface area contributed by atoms with Gasteiger partial charge in [0.05, 0.1) is 20.8 Å². The summed E-state index contributed by atoms with van der Waals surface area (Å²) in [7, 11) is 9.27. The van der Waals surface area contributed by atoms with Crippen LogP contribution in [0, 0.1) is 17.0 Å². The maximum Gasteiger partial charge on any atom is 0.290 e. The lowest BCUT2D eigenvalue weighted by Crippen LogP contribution is -2.51. The first kappa shape index (κ1) is 25.0. The molecule has 2 N–H and O–H groups in total. The minimum atomic E-state index is -1.42. The second kappa shape index (κ2) is 9.50. The summed E-state index contributed by atoms with van der Waals surface area (Å²) in [6.07, 6.45) is 6.10. The third-order valence-corrected chi connectivity index (χ3v) is 7.34. The van der Waals surface area contributed by atoms with Crippen LogP contribution in [0.15, 0.2) is 48.1 Å². The average Bonchev–Trinajstić information content (AvgIpc) is 3.35. The molecule has 3 aromatic rings. The zero-order valence-electron chi connectivity index (χ0n) is 20.8. The van der Waals surface area contributed by atoms with Gasteiger partial charge in [-0.05, 0) is 39.2 Å². The number of rotatable bonds is 8. The number of nitro groups is 1. The highest BCUT2D eigenvalue weighted by molar-refractivity contribution is 7.19. The van der Waals surface area contributed by atoms with Gasteiger partial charge < -0.3 is 24.8 Å². The molecule has 0 aromatic carbocycles. The molecule has 11 heteroatoms. The topological polar surface area (TPSA) is 116 Å². The number of nitrogens with two attached hydrogens (primary N) is 1. The molecule has 0 fully saturated rings. The number of hydrogen-bond donors (Lipinski definition) is 1. The highest BCUT2D eigenvalue weighted by Crippen LogP contribution is 2.38. The first-order valence-electron chi connectivity index (χ1n) is 11.2. The van der Waals surface area contributed by atoms with E-state index in [0.717, 1.165) is 22.3 Å². The molecule has 35 heavy (non-hydrogen) atoms. The van der Waals surface area contributed by atoms with Crippen LogP contribution < -0.4 is 5.73 Å². The SMILES string of the molecule is COC1C=C(N(C)CCN(C)C)C([N+](=O)[O-])=CC1(N)c1nccc(-c2cn(C)c3cc(C)sc23)n1. The van der Waals surface area contributed by atoms with Gasteiger partial charge in [-0.2, -0.15) is 0 Å². The third kappa shape index (κ3) is 4.59. The van der Waals surface area contributed by atoms with Crippen molar-refractivity contribution in [2.24, 2.45) is 12.8 Å². The molecular weight excluding hydrogens is 466 g/mol. The molecular formula is C24H31N7O3S. The van der Waals surface area contributed by atoms with Crippen LogP contribution in [0.1, 0.15) is 10.7 Å². The Balaban J connectivity index is 1.78. The average molecular weight is 498 g/mol. The number of ether oxygens (including phenoxy) is 1. The fourth-order valence-electron chi connectivity index (χ4n) is 4.32. The van der Waals surface area contributed by atoms with Gasteiger partial charge >= 0.3 is 0 Å². The highest BCUT2D eigenvalue weighted by Gasteiger charge is 2.45. The molecule has 0 amide bonds. The fourth-order valence-corrected chi connectivity index (χ4v) is 5.39. The van der Waals surface area contributed by atoms with Crippen molar-refractivity contribution in [2.45, 2.75) is 18.6 Å². The Morgan fingerprint density at radius 2 is 2.09 bits per heavy atom. The summed E-state index contributed by atoms with van der Waals surface area (Å²) >= 11 is 1.70. The van der Waals surface area contributed by atoms with Gasteiger partial charge in [-0.15, -0.1) is 11.3 Å². The first-order chi connectivity index (χ1) is 16.5. The van der Waals surface area contributed by atoms with Crippen molar-refractivity contribution < 1.29 is 9.66 Å². The molecule has 4 rings (SSSR count). The number of aryl methyl sites for hydroxylation is 2. The Morgan fingerprint density at radius 1 is 1.34 bits per heavy atom. The molecule has 1 aliphatic carbocycles. The Bertz CT molecular complexity index is 1330. The fraction of sp³-hybridized carbons (Fsp3) is 0.417. The van der Waals surface area contributed by atoms with E-state index in [-0.39, 0.29) is 11.5 Å². The molecule has 3 heterocycles. The maximum absolute atomic E-state index is 12.1. The molecule has 0 aliphatic heterocycles. The quantitative estimate of drug-likeness (QED) is 0.373. The van der Waals surface area contributed by atoms with Crippen LogP contribution in [0.25, 0.3) is 21.5 Å². The van der Waals surface area contributed by atoms with Crippen LogP contribution >= 0.6 is 11.3 Å². The monoisotopic (exact) mass is 497 g/mol. The van der Waals surface area contributed by atoms with Gasteiger partial charge in [0.2, 0.25) is 0 Å². The molecule has 0 saturated carbocycles. The van der Waals surface area contributed by atoms with Crippen molar-refractivity contribution in [1.82, 2.24) is 24.3 Å². The number of fused-ring (bicyclic) bond motifs is 1. The summed E-state index contributed by atoms with van der Waals surface area (Å²) in [5, 5.41) is 12.1. The maximum atomic E-state index is 12.1. The van der Waals surface area contributed by atoms with Crippen LogP contribution in [0.5, 0.6) is 0 Å². The Hall–Kier alpha value is -3.12. The minimum Gasteiger partial charge on any atom is -0.375 e. The number of nitrogens with zero attached hydrogens (tertiary/aromatic N) is 6. The zero-order chi connectivity index (χ0) is 25.5. The minimum absolute atomic E-state index is 0.0907. The zero-order valence-corrected chi connectivity index (χ0v) is 21.7. The molecule has 2 unspecified atom stereocenters. The second-order valence-corrected chi connectivity index (χ2v) is 10.4. The van der Waals surface area contributed by atoms with E-state index in [1.165, 1.54) is 18.1 Å². The van der Waals surface area contributed by atoms with Gasteiger partial charge in [-0.1, -0.05) is 0 Å². The Labute approximate surface area is 208 Å². The van der Waals surface area contributed by atoms with Crippen molar-refractivity contribution >= 4 is 21.6 Å². The molecule has 1 aliphatic rings. The number of likely N-dealkylation sites (N-methyl/N-ethyl adjacent to an activating group) is 2. The summed E-state index contributed by atoms with van der Waals surface area (Å²) in [5.41, 5.74) is 8.56. The van der Waals surface area contributed by atoms with Gasteiger partial charge in [0, 0.05) is 63.2 Å². The molecule has 10 nitrogen and oxygen atoms in total. The largest absolute Gasteiger partial charge is 0.375 e. The molecule has 186 valence electrons. The van der Waals surface area contributed by atoms with E-state index in [1.54, 1.807) is 23.6 Å². The van der Waals surface area contributed by atoms with Gasteiger partial charge in [-0.3, -0.25) is 10.1 Å². The number of methoxy groups -OCH3 is 1. The van der Waals surface area contributed by atoms with Crippen molar-refractivity contribution in [3.63, 3.8) is 0 Å². The molecule has 3 aromatic heterocycles. The molecule has 0 saturated heterocycles. The summed E-state index contributed by atoms with van der Waals surface area (Å²) < 4.78 is 8.92. The molecule has 0 radical (unpaired) electrons. The summed E-state index contributed by atoms with van der Waals surface area (Å²) in [6.45, 7) is 3.42.